The van der Waals surface area contributed by atoms with Gasteiger partial charge in [0.15, 0.2) is 5.82 Å². The van der Waals surface area contributed by atoms with Gasteiger partial charge in [0, 0.05) is 133 Å². The van der Waals surface area contributed by atoms with Crippen LogP contribution in [0.5, 0.6) is 5.75 Å². The van der Waals surface area contributed by atoms with Crippen molar-refractivity contribution in [1.29, 1.82) is 0 Å². The summed E-state index contributed by atoms with van der Waals surface area (Å²) in [5.74, 6) is 1.18. The van der Waals surface area contributed by atoms with E-state index in [9.17, 15) is 18.9 Å². The van der Waals surface area contributed by atoms with Gasteiger partial charge in [-0.3, -0.25) is 43.6 Å². The van der Waals surface area contributed by atoms with Crippen LogP contribution in [0.15, 0.2) is 78.2 Å². The van der Waals surface area contributed by atoms with Crippen molar-refractivity contribution in [2.45, 2.75) is 50.6 Å². The number of aryl methyl sites for hydroxylation is 2. The van der Waals surface area contributed by atoms with Gasteiger partial charge in [0.05, 0.1) is 52.7 Å². The van der Waals surface area contributed by atoms with Crippen LogP contribution in [0, 0.1) is 5.92 Å². The summed E-state index contributed by atoms with van der Waals surface area (Å²) in [7, 11) is 2.50. The zero-order valence-corrected chi connectivity index (χ0v) is 44.7. The number of aromatic nitrogens is 8. The number of anilines is 6. The molecule has 392 valence electrons. The van der Waals surface area contributed by atoms with Crippen molar-refractivity contribution in [2.75, 3.05) is 99.8 Å². The smallest absolute Gasteiger partial charge is 0.329 e. The first-order valence-electron chi connectivity index (χ1n) is 25.8. The standard InChI is InChI=1S/C53H63ClN15O5P/c1-63-32-34(29-58-63)37-27-41(60-52-57-30-38(54)50(62-52)59-40-8-7-39-48(56-17-16-55-39)49(40)75(4,5)73)46(74-3)28-44(37)68-20-14-35(15-21-68)67-24-22-65(23-25-67)31-33-12-18-66(19-13-33)36-6-9-42-45(26-36)64(2)53(72)69(42)43-10-11-47(70)61-51(43)71/h6-9,16-17,26-30,32-33,35,43H,10-15,18-25,31H2,1-5H3,(H,61,70,71)(H2,57,59,60,62). The average molecular weight is 1060 g/mol. The number of carbonyl (C=O) groups is 2. The molecule has 2 amide bonds. The predicted molar refractivity (Wildman–Crippen MR) is 294 cm³/mol. The Morgan fingerprint density at radius 2 is 1.57 bits per heavy atom. The molecule has 22 heteroatoms. The van der Waals surface area contributed by atoms with E-state index in [0.717, 1.165) is 113 Å². The number of piperidine rings is 3. The number of nitrogens with one attached hydrogen (secondary N) is 3. The van der Waals surface area contributed by atoms with E-state index in [1.807, 2.05) is 42.3 Å². The molecule has 7 aromatic rings. The van der Waals surface area contributed by atoms with Gasteiger partial charge >= 0.3 is 5.69 Å². The fourth-order valence-electron chi connectivity index (χ4n) is 11.6. The van der Waals surface area contributed by atoms with E-state index in [1.54, 1.807) is 49.0 Å². The lowest BCUT2D eigenvalue weighted by atomic mass is 9.95. The van der Waals surface area contributed by atoms with Crippen LogP contribution in [-0.2, 0) is 28.2 Å². The minimum Gasteiger partial charge on any atom is -0.494 e. The Labute approximate surface area is 439 Å². The highest BCUT2D eigenvalue weighted by Gasteiger charge is 2.34. The van der Waals surface area contributed by atoms with Crippen LogP contribution < -0.4 is 41.5 Å². The van der Waals surface area contributed by atoms with Gasteiger partial charge in [-0.2, -0.15) is 10.1 Å². The number of imidazole rings is 1. The third-order valence-corrected chi connectivity index (χ3v) is 17.4. The second kappa shape index (κ2) is 20.7. The van der Waals surface area contributed by atoms with Gasteiger partial charge in [-0.1, -0.05) is 11.6 Å². The molecular formula is C53H63ClN15O5P. The number of imide groups is 1. The number of hydrogen-bond acceptors (Lipinski definition) is 16. The molecule has 11 rings (SSSR count). The molecule has 75 heavy (non-hydrogen) atoms. The number of rotatable bonds is 13. The first-order chi connectivity index (χ1) is 36.2. The number of nitrogens with zero attached hydrogens (tertiary/aromatic N) is 12. The Morgan fingerprint density at radius 3 is 2.29 bits per heavy atom. The number of piperazine rings is 1. The fourth-order valence-corrected chi connectivity index (χ4v) is 13.2. The van der Waals surface area contributed by atoms with Crippen molar-refractivity contribution in [1.82, 2.24) is 54.0 Å². The van der Waals surface area contributed by atoms with Crippen molar-refractivity contribution in [3.8, 4) is 16.9 Å². The van der Waals surface area contributed by atoms with Crippen LogP contribution in [0.25, 0.3) is 33.2 Å². The van der Waals surface area contributed by atoms with Crippen LogP contribution >= 0.6 is 18.7 Å². The minimum absolute atomic E-state index is 0.219. The topological polar surface area (TPSA) is 206 Å². The number of benzene rings is 3. The molecule has 0 saturated carbocycles. The Balaban J connectivity index is 0.708. The van der Waals surface area contributed by atoms with Crippen molar-refractivity contribution < 1.29 is 18.9 Å². The molecule has 4 aliphatic rings. The monoisotopic (exact) mass is 1060 g/mol. The zero-order chi connectivity index (χ0) is 52.1. The highest BCUT2D eigenvalue weighted by molar-refractivity contribution is 7.71. The molecule has 0 radical (unpaired) electrons. The van der Waals surface area contributed by atoms with Crippen molar-refractivity contribution in [3.05, 3.63) is 89.0 Å². The van der Waals surface area contributed by atoms with Crippen LogP contribution in [-0.4, -0.2) is 146 Å². The average Bonchev–Trinajstić information content (AvgIpc) is 3.96. The number of amides is 2. The predicted octanol–water partition coefficient (Wildman–Crippen LogP) is 6.35. The van der Waals surface area contributed by atoms with E-state index in [2.05, 4.69) is 79.9 Å². The molecule has 4 saturated heterocycles. The number of halogens is 1. The highest BCUT2D eigenvalue weighted by Crippen LogP contribution is 2.43. The molecule has 0 bridgehead atoms. The molecule has 3 N–H and O–H groups in total. The SMILES string of the molecule is COc1cc(N2CCC(N3CCN(CC4CCN(c5ccc6c(c5)n(C)c(=O)n6C5CCC(=O)NC5=O)CC4)CC3)CC2)c(-c2cnn(C)c2)cc1Nc1ncc(Cl)c(Nc2ccc3nccnc3c2P(C)(C)=O)n1. The summed E-state index contributed by atoms with van der Waals surface area (Å²) in [6.45, 7) is 12.5. The molecule has 1 atom stereocenters. The Kier molecular flexibility index (Phi) is 13.9. The largest absolute Gasteiger partial charge is 0.494 e. The number of ether oxygens (including phenoxy) is 1. The molecule has 20 nitrogen and oxygen atoms in total. The Bertz CT molecular complexity index is 3420. The fraction of sp³-hybridized carbons (Fsp3) is 0.434. The van der Waals surface area contributed by atoms with Gasteiger partial charge in [-0.25, -0.2) is 9.78 Å². The number of hydrogen-bond donors (Lipinski definition) is 3. The second-order valence-corrected chi connectivity index (χ2v) is 24.2. The summed E-state index contributed by atoms with van der Waals surface area (Å²) in [6.07, 6.45) is 13.5. The number of carbonyl (C=O) groups excluding carboxylic acids is 2. The van der Waals surface area contributed by atoms with Gasteiger partial charge < -0.3 is 34.6 Å². The maximum Gasteiger partial charge on any atom is 0.329 e. The molecule has 4 fully saturated rings. The second-order valence-electron chi connectivity index (χ2n) is 20.7. The quantitative estimate of drug-likeness (QED) is 0.0850. The maximum absolute atomic E-state index is 13.6. The van der Waals surface area contributed by atoms with E-state index in [0.29, 0.717) is 63.2 Å². The van der Waals surface area contributed by atoms with Gasteiger partial charge in [0.1, 0.15) is 29.5 Å². The van der Waals surface area contributed by atoms with Crippen molar-refractivity contribution >= 4 is 92.4 Å². The van der Waals surface area contributed by atoms with E-state index in [4.69, 9.17) is 21.3 Å². The molecule has 4 aliphatic heterocycles. The zero-order valence-electron chi connectivity index (χ0n) is 43.0. The summed E-state index contributed by atoms with van der Waals surface area (Å²) >= 11 is 6.69. The minimum atomic E-state index is -2.83. The Hall–Kier alpha value is -6.86. The third kappa shape index (κ3) is 10.2. The summed E-state index contributed by atoms with van der Waals surface area (Å²) < 4.78 is 24.6. The van der Waals surface area contributed by atoms with E-state index in [1.165, 1.54) is 6.20 Å². The van der Waals surface area contributed by atoms with Crippen molar-refractivity contribution in [2.24, 2.45) is 20.0 Å². The van der Waals surface area contributed by atoms with Crippen LogP contribution in [0.4, 0.5) is 34.5 Å². The normalized spacial score (nSPS) is 18.8. The van der Waals surface area contributed by atoms with Crippen LogP contribution in [0.3, 0.4) is 0 Å². The lowest BCUT2D eigenvalue weighted by molar-refractivity contribution is -0.135. The summed E-state index contributed by atoms with van der Waals surface area (Å²) in [4.78, 5) is 66.3. The molecule has 3 aromatic carbocycles. The van der Waals surface area contributed by atoms with Crippen molar-refractivity contribution in [3.63, 3.8) is 0 Å². The van der Waals surface area contributed by atoms with E-state index in [-0.39, 0.29) is 29.0 Å². The Morgan fingerprint density at radius 1 is 0.813 bits per heavy atom. The summed E-state index contributed by atoms with van der Waals surface area (Å²) in [5, 5.41) is 14.5. The van der Waals surface area contributed by atoms with Crippen LogP contribution in [0.2, 0.25) is 5.02 Å². The third-order valence-electron chi connectivity index (χ3n) is 15.5. The number of methoxy groups -OCH3 is 1. The van der Waals surface area contributed by atoms with Gasteiger partial charge in [0.25, 0.3) is 0 Å². The molecule has 0 aliphatic carbocycles. The lowest BCUT2D eigenvalue weighted by Crippen LogP contribution is -2.54. The van der Waals surface area contributed by atoms with E-state index >= 15 is 0 Å². The molecule has 4 aromatic heterocycles. The van der Waals surface area contributed by atoms with Gasteiger partial charge in [-0.15, -0.1) is 0 Å². The summed E-state index contributed by atoms with van der Waals surface area (Å²) in [6, 6.07) is 13.7. The first-order valence-corrected chi connectivity index (χ1v) is 28.7. The lowest BCUT2D eigenvalue weighted by Gasteiger charge is -2.44. The molecule has 0 spiro atoms. The van der Waals surface area contributed by atoms with Gasteiger partial charge in [-0.05, 0) is 87.7 Å². The van der Waals surface area contributed by atoms with Crippen LogP contribution in [0.1, 0.15) is 44.6 Å². The first kappa shape index (κ1) is 50.3. The molecule has 1 unspecified atom stereocenters. The van der Waals surface area contributed by atoms with E-state index < -0.39 is 19.1 Å². The summed E-state index contributed by atoms with van der Waals surface area (Å²) in [5.41, 5.74) is 7.86. The highest BCUT2D eigenvalue weighted by atomic mass is 35.5. The maximum atomic E-state index is 13.6. The number of fused-ring (bicyclic) bond motifs is 2. The molecule has 8 heterocycles. The molecular weight excluding hydrogens is 993 g/mol. The van der Waals surface area contributed by atoms with Gasteiger partial charge in [0.2, 0.25) is 17.8 Å².